The molecule has 200 valence electrons. The van der Waals surface area contributed by atoms with Crippen LogP contribution in [0.5, 0.6) is 11.5 Å². The molecular formula is C26H21F4N7O2. The van der Waals surface area contributed by atoms with Gasteiger partial charge in [-0.25, -0.2) is 15.0 Å². The van der Waals surface area contributed by atoms with Gasteiger partial charge in [0.2, 0.25) is 0 Å². The van der Waals surface area contributed by atoms with E-state index in [0.29, 0.717) is 52.1 Å². The number of pyridine rings is 1. The van der Waals surface area contributed by atoms with E-state index >= 15 is 0 Å². The third kappa shape index (κ3) is 6.14. The van der Waals surface area contributed by atoms with Crippen LogP contribution in [0.4, 0.5) is 40.4 Å². The van der Waals surface area contributed by atoms with Crippen LogP contribution in [-0.2, 0) is 6.42 Å². The molecule has 2 aromatic carbocycles. The van der Waals surface area contributed by atoms with Crippen LogP contribution < -0.4 is 20.1 Å². The third-order valence-corrected chi connectivity index (χ3v) is 5.47. The minimum absolute atomic E-state index is 0.0437. The highest BCUT2D eigenvalue weighted by atomic mass is 19.3. The predicted octanol–water partition coefficient (Wildman–Crippen LogP) is 6.46. The topological polar surface area (TPSA) is 99.0 Å². The van der Waals surface area contributed by atoms with Gasteiger partial charge >= 0.3 is 13.2 Å². The molecule has 0 radical (unpaired) electrons. The number of alkyl halides is 4. The second kappa shape index (κ2) is 11.2. The number of ether oxygens (including phenoxy) is 2. The Morgan fingerprint density at radius 3 is 1.97 bits per heavy atom. The highest BCUT2D eigenvalue weighted by Gasteiger charge is 2.15. The number of hydrogen-bond donors (Lipinski definition) is 2. The van der Waals surface area contributed by atoms with Crippen molar-refractivity contribution in [3.8, 4) is 17.3 Å². The summed E-state index contributed by atoms with van der Waals surface area (Å²) in [6, 6.07) is 14.0. The first-order chi connectivity index (χ1) is 18.9. The quantitative estimate of drug-likeness (QED) is 0.195. The average molecular weight is 539 g/mol. The molecule has 13 heteroatoms. The van der Waals surface area contributed by atoms with Gasteiger partial charge in [-0.3, -0.25) is 9.55 Å². The molecule has 0 saturated heterocycles. The van der Waals surface area contributed by atoms with Gasteiger partial charge in [-0.05, 0) is 54.6 Å². The Hall–Kier alpha value is -4.94. The van der Waals surface area contributed by atoms with Crippen LogP contribution in [0.1, 0.15) is 12.7 Å². The van der Waals surface area contributed by atoms with Gasteiger partial charge in [0.25, 0.3) is 0 Å². The SMILES string of the molecule is CCc1nc2ncc(Nc3ccc(OC(F)F)cc3)cc2n1-c1cncc(Nc2ccc(OC(F)F)cc2)n1. The minimum atomic E-state index is -2.90. The Morgan fingerprint density at radius 1 is 0.769 bits per heavy atom. The van der Waals surface area contributed by atoms with E-state index in [1.54, 1.807) is 36.7 Å². The van der Waals surface area contributed by atoms with E-state index in [-0.39, 0.29) is 11.5 Å². The van der Waals surface area contributed by atoms with E-state index in [9.17, 15) is 17.6 Å². The summed E-state index contributed by atoms with van der Waals surface area (Å²) >= 11 is 0. The molecule has 0 unspecified atom stereocenters. The Bertz CT molecular complexity index is 1560. The van der Waals surface area contributed by atoms with Gasteiger partial charge in [-0.1, -0.05) is 6.92 Å². The molecule has 5 aromatic rings. The third-order valence-electron chi connectivity index (χ3n) is 5.47. The molecule has 5 rings (SSSR count). The number of anilines is 4. The standard InChI is InChI=1S/C26H21F4N7O2/c1-2-22-36-24-20(11-17(12-32-24)33-15-3-7-18(8-4-15)38-25(27)28)37(22)23-14-31-13-21(35-23)34-16-5-9-19(10-6-16)39-26(29)30/h3-14,25-26,33H,2H2,1H3,(H,34,35). The van der Waals surface area contributed by atoms with Crippen LogP contribution in [0, 0.1) is 0 Å². The first-order valence-electron chi connectivity index (χ1n) is 11.7. The van der Waals surface area contributed by atoms with Gasteiger partial charge in [-0.2, -0.15) is 17.6 Å². The van der Waals surface area contributed by atoms with Crippen molar-refractivity contribution in [1.29, 1.82) is 0 Å². The largest absolute Gasteiger partial charge is 0.435 e. The van der Waals surface area contributed by atoms with Crippen LogP contribution in [-0.4, -0.2) is 37.7 Å². The van der Waals surface area contributed by atoms with Crippen molar-refractivity contribution < 1.29 is 27.0 Å². The number of aryl methyl sites for hydroxylation is 1. The maximum Gasteiger partial charge on any atom is 0.387 e. The van der Waals surface area contributed by atoms with Crippen molar-refractivity contribution >= 4 is 34.0 Å². The highest BCUT2D eigenvalue weighted by Crippen LogP contribution is 2.27. The molecule has 3 aromatic heterocycles. The lowest BCUT2D eigenvalue weighted by Gasteiger charge is -2.11. The molecule has 0 saturated carbocycles. The Labute approximate surface area is 219 Å². The monoisotopic (exact) mass is 539 g/mol. The van der Waals surface area contributed by atoms with E-state index in [1.165, 1.54) is 30.5 Å². The van der Waals surface area contributed by atoms with Crippen LogP contribution in [0.3, 0.4) is 0 Å². The number of fused-ring (bicyclic) bond motifs is 1. The van der Waals surface area contributed by atoms with Crippen LogP contribution in [0.25, 0.3) is 17.0 Å². The summed E-state index contributed by atoms with van der Waals surface area (Å²) in [5, 5.41) is 6.29. The molecule has 2 N–H and O–H groups in total. The molecule has 0 fully saturated rings. The molecule has 0 spiro atoms. The summed E-state index contributed by atoms with van der Waals surface area (Å²) in [6.07, 6.45) is 5.33. The number of aromatic nitrogens is 5. The molecule has 0 aliphatic carbocycles. The van der Waals surface area contributed by atoms with Gasteiger partial charge < -0.3 is 20.1 Å². The Morgan fingerprint density at radius 2 is 1.38 bits per heavy atom. The molecule has 39 heavy (non-hydrogen) atoms. The summed E-state index contributed by atoms with van der Waals surface area (Å²) < 4.78 is 60.2. The predicted molar refractivity (Wildman–Crippen MR) is 137 cm³/mol. The summed E-state index contributed by atoms with van der Waals surface area (Å²) in [4.78, 5) is 18.0. The number of imidazole rings is 1. The van der Waals surface area contributed by atoms with Crippen molar-refractivity contribution in [3.63, 3.8) is 0 Å². The first-order valence-corrected chi connectivity index (χ1v) is 11.7. The number of benzene rings is 2. The summed E-state index contributed by atoms with van der Waals surface area (Å²) in [5.41, 5.74) is 3.08. The lowest BCUT2D eigenvalue weighted by atomic mass is 10.3. The summed E-state index contributed by atoms with van der Waals surface area (Å²) in [6.45, 7) is -3.84. The Balaban J connectivity index is 1.41. The minimum Gasteiger partial charge on any atom is -0.435 e. The fourth-order valence-electron chi connectivity index (χ4n) is 3.85. The second-order valence-electron chi connectivity index (χ2n) is 8.10. The molecule has 0 aliphatic rings. The van der Waals surface area contributed by atoms with Gasteiger partial charge in [0.05, 0.1) is 29.8 Å². The van der Waals surface area contributed by atoms with Gasteiger partial charge in [-0.15, -0.1) is 0 Å². The molecule has 0 aliphatic heterocycles. The van der Waals surface area contributed by atoms with E-state index in [2.05, 4.69) is 40.0 Å². The molecule has 9 nitrogen and oxygen atoms in total. The van der Waals surface area contributed by atoms with Crippen LogP contribution >= 0.6 is 0 Å². The van der Waals surface area contributed by atoms with Gasteiger partial charge in [0.1, 0.15) is 17.3 Å². The molecular weight excluding hydrogens is 518 g/mol. The number of nitrogens with zero attached hydrogens (tertiary/aromatic N) is 5. The zero-order valence-electron chi connectivity index (χ0n) is 20.4. The normalized spacial score (nSPS) is 11.3. The first kappa shape index (κ1) is 25.7. The number of hydrogen-bond acceptors (Lipinski definition) is 8. The number of nitrogens with one attached hydrogen (secondary N) is 2. The van der Waals surface area contributed by atoms with E-state index in [1.807, 2.05) is 17.6 Å². The van der Waals surface area contributed by atoms with Crippen molar-refractivity contribution in [2.75, 3.05) is 10.6 Å². The molecule has 0 atom stereocenters. The fourth-order valence-corrected chi connectivity index (χ4v) is 3.85. The van der Waals surface area contributed by atoms with Crippen LogP contribution in [0.15, 0.2) is 73.2 Å². The molecule has 3 heterocycles. The second-order valence-corrected chi connectivity index (χ2v) is 8.10. The van der Waals surface area contributed by atoms with E-state index < -0.39 is 13.2 Å². The zero-order valence-corrected chi connectivity index (χ0v) is 20.4. The highest BCUT2D eigenvalue weighted by molar-refractivity contribution is 5.79. The van der Waals surface area contributed by atoms with Crippen molar-refractivity contribution in [2.24, 2.45) is 0 Å². The summed E-state index contributed by atoms with van der Waals surface area (Å²) in [5.74, 6) is 1.72. The van der Waals surface area contributed by atoms with Gasteiger partial charge in [0, 0.05) is 17.8 Å². The number of rotatable bonds is 10. The van der Waals surface area contributed by atoms with E-state index in [4.69, 9.17) is 0 Å². The van der Waals surface area contributed by atoms with Gasteiger partial charge in [0.15, 0.2) is 17.3 Å². The number of halogens is 4. The maximum atomic E-state index is 12.4. The zero-order chi connectivity index (χ0) is 27.4. The lowest BCUT2D eigenvalue weighted by Crippen LogP contribution is -2.05. The van der Waals surface area contributed by atoms with Crippen molar-refractivity contribution in [2.45, 2.75) is 26.6 Å². The van der Waals surface area contributed by atoms with Crippen molar-refractivity contribution in [3.05, 3.63) is 79.0 Å². The summed E-state index contributed by atoms with van der Waals surface area (Å²) in [7, 11) is 0. The smallest absolute Gasteiger partial charge is 0.387 e. The fraction of sp³-hybridized carbons (Fsp3) is 0.154. The molecule has 0 bridgehead atoms. The maximum absolute atomic E-state index is 12.4. The lowest BCUT2D eigenvalue weighted by molar-refractivity contribution is -0.0505. The Kier molecular flexibility index (Phi) is 7.39. The van der Waals surface area contributed by atoms with E-state index in [0.717, 1.165) is 0 Å². The van der Waals surface area contributed by atoms with Crippen molar-refractivity contribution in [1.82, 2.24) is 24.5 Å². The molecule has 0 amide bonds. The van der Waals surface area contributed by atoms with Crippen LogP contribution in [0.2, 0.25) is 0 Å². The average Bonchev–Trinajstić information content (AvgIpc) is 3.28.